The number of nitrogens with one attached hydrogen (secondary N) is 1. The first-order chi connectivity index (χ1) is 10.8. The van der Waals surface area contributed by atoms with Crippen LogP contribution >= 0.6 is 11.6 Å². The third kappa shape index (κ3) is 4.81. The minimum absolute atomic E-state index is 0.0210. The van der Waals surface area contributed by atoms with Crippen LogP contribution in [0.3, 0.4) is 0 Å². The summed E-state index contributed by atoms with van der Waals surface area (Å²) in [5, 5.41) is 3.03. The fourth-order valence-corrected chi connectivity index (χ4v) is 4.63. The summed E-state index contributed by atoms with van der Waals surface area (Å²) in [6.45, 7) is 2.70. The van der Waals surface area contributed by atoms with E-state index >= 15 is 0 Å². The lowest BCUT2D eigenvalue weighted by Crippen LogP contribution is -2.41. The number of nitrogens with zero attached hydrogens (tertiary/aromatic N) is 1. The highest BCUT2D eigenvalue weighted by Crippen LogP contribution is 2.20. The van der Waals surface area contributed by atoms with Gasteiger partial charge in [0.15, 0.2) is 9.84 Å². The molecule has 0 spiro atoms. The van der Waals surface area contributed by atoms with E-state index in [-0.39, 0.29) is 34.9 Å². The summed E-state index contributed by atoms with van der Waals surface area (Å²) in [4.78, 5) is 13.9. The van der Waals surface area contributed by atoms with Gasteiger partial charge in [0, 0.05) is 31.2 Å². The first-order valence-electron chi connectivity index (χ1n) is 7.51. The summed E-state index contributed by atoms with van der Waals surface area (Å²) in [5.74, 6) is -0.385. The standard InChI is InChI=1S/C15H20ClFN2O3S/c1-2-19(12-6-8-23(21,22)10-12)15(20)5-7-18-11-3-4-14(17)13(16)9-11/h3-4,9,12,18H,2,5-8,10H2,1H3. The van der Waals surface area contributed by atoms with Gasteiger partial charge in [0.2, 0.25) is 5.91 Å². The van der Waals surface area contributed by atoms with Gasteiger partial charge in [0.25, 0.3) is 0 Å². The topological polar surface area (TPSA) is 66.5 Å². The lowest BCUT2D eigenvalue weighted by atomic mass is 10.2. The summed E-state index contributed by atoms with van der Waals surface area (Å²) in [6, 6.07) is 4.04. The Labute approximate surface area is 140 Å². The average molecular weight is 363 g/mol. The van der Waals surface area contributed by atoms with E-state index in [9.17, 15) is 17.6 Å². The van der Waals surface area contributed by atoms with Crippen molar-refractivity contribution in [2.75, 3.05) is 29.9 Å². The largest absolute Gasteiger partial charge is 0.384 e. The second-order valence-corrected chi connectivity index (χ2v) is 8.18. The fourth-order valence-electron chi connectivity index (χ4n) is 2.72. The minimum Gasteiger partial charge on any atom is -0.384 e. The molecule has 0 saturated carbocycles. The number of amides is 1. The van der Waals surface area contributed by atoms with E-state index in [1.165, 1.54) is 12.1 Å². The summed E-state index contributed by atoms with van der Waals surface area (Å²) in [5.41, 5.74) is 0.635. The third-order valence-corrected chi connectivity index (χ3v) is 5.94. The van der Waals surface area contributed by atoms with Gasteiger partial charge in [0.05, 0.1) is 16.5 Å². The number of anilines is 1. The molecule has 1 atom stereocenters. The molecule has 1 aliphatic rings. The molecule has 1 unspecified atom stereocenters. The van der Waals surface area contributed by atoms with Crippen molar-refractivity contribution in [1.29, 1.82) is 0 Å². The van der Waals surface area contributed by atoms with Crippen LogP contribution in [0.5, 0.6) is 0 Å². The van der Waals surface area contributed by atoms with E-state index in [2.05, 4.69) is 5.32 Å². The van der Waals surface area contributed by atoms with Crippen molar-refractivity contribution in [3.63, 3.8) is 0 Å². The Morgan fingerprint density at radius 2 is 2.22 bits per heavy atom. The van der Waals surface area contributed by atoms with Crippen molar-refractivity contribution in [2.45, 2.75) is 25.8 Å². The molecule has 8 heteroatoms. The van der Waals surface area contributed by atoms with Crippen LogP contribution in [0, 0.1) is 5.82 Å². The molecule has 1 aromatic carbocycles. The highest BCUT2D eigenvalue weighted by Gasteiger charge is 2.33. The Balaban J connectivity index is 1.86. The van der Waals surface area contributed by atoms with Gasteiger partial charge in [-0.05, 0) is 31.5 Å². The number of hydrogen-bond donors (Lipinski definition) is 1. The van der Waals surface area contributed by atoms with Gasteiger partial charge >= 0.3 is 0 Å². The predicted octanol–water partition coefficient (Wildman–Crippen LogP) is 2.32. The number of carbonyl (C=O) groups excluding carboxylic acids is 1. The monoisotopic (exact) mass is 362 g/mol. The van der Waals surface area contributed by atoms with E-state index in [0.717, 1.165) is 0 Å². The van der Waals surface area contributed by atoms with Gasteiger partial charge in [-0.15, -0.1) is 0 Å². The number of hydrogen-bond acceptors (Lipinski definition) is 4. The fraction of sp³-hybridized carbons (Fsp3) is 0.533. The molecular weight excluding hydrogens is 343 g/mol. The number of rotatable bonds is 6. The summed E-state index contributed by atoms with van der Waals surface area (Å²) in [6.07, 6.45) is 0.738. The maximum Gasteiger partial charge on any atom is 0.224 e. The molecule has 0 aliphatic carbocycles. The second-order valence-electron chi connectivity index (χ2n) is 5.54. The zero-order chi connectivity index (χ0) is 17.0. The van der Waals surface area contributed by atoms with Crippen LogP contribution in [0.4, 0.5) is 10.1 Å². The zero-order valence-electron chi connectivity index (χ0n) is 12.9. The van der Waals surface area contributed by atoms with Gasteiger partial charge < -0.3 is 10.2 Å². The summed E-state index contributed by atoms with van der Waals surface area (Å²) >= 11 is 5.69. The number of benzene rings is 1. The van der Waals surface area contributed by atoms with Crippen molar-refractivity contribution in [2.24, 2.45) is 0 Å². The average Bonchev–Trinajstić information content (AvgIpc) is 2.83. The Kier molecular flexibility index (Phi) is 5.86. The SMILES string of the molecule is CCN(C(=O)CCNc1ccc(F)c(Cl)c1)C1CCS(=O)(=O)C1. The van der Waals surface area contributed by atoms with Gasteiger partial charge in [-0.2, -0.15) is 0 Å². The maximum absolute atomic E-state index is 13.1. The molecule has 2 rings (SSSR count). The maximum atomic E-state index is 13.1. The lowest BCUT2D eigenvalue weighted by molar-refractivity contribution is -0.132. The Morgan fingerprint density at radius 3 is 2.78 bits per heavy atom. The van der Waals surface area contributed by atoms with E-state index in [0.29, 0.717) is 25.2 Å². The van der Waals surface area contributed by atoms with E-state index in [4.69, 9.17) is 11.6 Å². The normalized spacial score (nSPS) is 19.5. The quantitative estimate of drug-likeness (QED) is 0.843. The van der Waals surface area contributed by atoms with Crippen LogP contribution in [0.25, 0.3) is 0 Å². The molecule has 1 aliphatic heterocycles. The minimum atomic E-state index is -3.02. The molecule has 1 saturated heterocycles. The lowest BCUT2D eigenvalue weighted by Gasteiger charge is -2.27. The van der Waals surface area contributed by atoms with Crippen molar-refractivity contribution in [3.05, 3.63) is 29.0 Å². The van der Waals surface area contributed by atoms with E-state index < -0.39 is 15.7 Å². The van der Waals surface area contributed by atoms with Crippen molar-refractivity contribution >= 4 is 33.0 Å². The van der Waals surface area contributed by atoms with E-state index in [1.54, 1.807) is 11.0 Å². The van der Waals surface area contributed by atoms with Crippen LogP contribution in [-0.4, -0.2) is 49.9 Å². The van der Waals surface area contributed by atoms with Crippen molar-refractivity contribution in [3.8, 4) is 0 Å². The third-order valence-electron chi connectivity index (χ3n) is 3.90. The molecule has 0 radical (unpaired) electrons. The number of sulfone groups is 1. The first-order valence-corrected chi connectivity index (χ1v) is 9.71. The molecule has 5 nitrogen and oxygen atoms in total. The Bertz CT molecular complexity index is 681. The van der Waals surface area contributed by atoms with Crippen LogP contribution in [-0.2, 0) is 14.6 Å². The van der Waals surface area contributed by atoms with Gasteiger partial charge in [-0.25, -0.2) is 12.8 Å². The van der Waals surface area contributed by atoms with Gasteiger partial charge in [0.1, 0.15) is 5.82 Å². The molecule has 128 valence electrons. The van der Waals surface area contributed by atoms with Crippen LogP contribution in [0.15, 0.2) is 18.2 Å². The molecule has 1 N–H and O–H groups in total. The zero-order valence-corrected chi connectivity index (χ0v) is 14.5. The second kappa shape index (κ2) is 7.49. The predicted molar refractivity (Wildman–Crippen MR) is 89.0 cm³/mol. The summed E-state index contributed by atoms with van der Waals surface area (Å²) in [7, 11) is -3.02. The number of halogens is 2. The van der Waals surface area contributed by atoms with Crippen molar-refractivity contribution in [1.82, 2.24) is 4.90 Å². The molecule has 23 heavy (non-hydrogen) atoms. The first kappa shape index (κ1) is 18.0. The highest BCUT2D eigenvalue weighted by molar-refractivity contribution is 7.91. The Morgan fingerprint density at radius 1 is 1.48 bits per heavy atom. The molecule has 1 aromatic rings. The smallest absolute Gasteiger partial charge is 0.224 e. The number of carbonyl (C=O) groups is 1. The van der Waals surface area contributed by atoms with Crippen LogP contribution in [0.2, 0.25) is 5.02 Å². The molecule has 0 aromatic heterocycles. The Hall–Kier alpha value is -1.34. The summed E-state index contributed by atoms with van der Waals surface area (Å²) < 4.78 is 36.2. The molecule has 1 fully saturated rings. The van der Waals surface area contributed by atoms with Crippen molar-refractivity contribution < 1.29 is 17.6 Å². The van der Waals surface area contributed by atoms with Gasteiger partial charge in [-0.3, -0.25) is 4.79 Å². The van der Waals surface area contributed by atoms with Gasteiger partial charge in [-0.1, -0.05) is 11.6 Å². The van der Waals surface area contributed by atoms with E-state index in [1.807, 2.05) is 6.92 Å². The van der Waals surface area contributed by atoms with Crippen LogP contribution < -0.4 is 5.32 Å². The molecule has 0 bridgehead atoms. The molecule has 1 heterocycles. The molecular formula is C15H20ClFN2O3S. The highest BCUT2D eigenvalue weighted by atomic mass is 35.5. The van der Waals surface area contributed by atoms with Crippen LogP contribution in [0.1, 0.15) is 19.8 Å². The molecule has 1 amide bonds.